The lowest BCUT2D eigenvalue weighted by molar-refractivity contribution is -0.137. The Kier molecular flexibility index (Phi) is 6.32. The smallest absolute Gasteiger partial charge is 0.418 e. The van der Waals surface area contributed by atoms with Gasteiger partial charge in [-0.2, -0.15) is 18.3 Å². The van der Waals surface area contributed by atoms with E-state index in [9.17, 15) is 22.8 Å². The highest BCUT2D eigenvalue weighted by Gasteiger charge is 2.37. The van der Waals surface area contributed by atoms with Crippen molar-refractivity contribution in [2.75, 3.05) is 32.2 Å². The van der Waals surface area contributed by atoms with Crippen LogP contribution < -0.4 is 4.90 Å². The monoisotopic (exact) mass is 473 g/mol. The molecule has 0 atom stereocenters. The summed E-state index contributed by atoms with van der Waals surface area (Å²) in [7, 11) is 2.25. The highest BCUT2D eigenvalue weighted by molar-refractivity contribution is 6.07. The number of carbonyl (C=O) groups is 2. The van der Waals surface area contributed by atoms with Crippen LogP contribution in [0.4, 0.5) is 18.9 Å². The number of esters is 2. The summed E-state index contributed by atoms with van der Waals surface area (Å²) in [5, 5.41) is 4.37. The van der Waals surface area contributed by atoms with E-state index in [1.54, 1.807) is 35.2 Å². The van der Waals surface area contributed by atoms with Crippen LogP contribution in [0.5, 0.6) is 0 Å². The van der Waals surface area contributed by atoms with Gasteiger partial charge in [0.05, 0.1) is 25.5 Å². The maximum Gasteiger partial charge on any atom is 0.418 e. The Hall–Kier alpha value is -3.82. The second kappa shape index (κ2) is 9.20. The molecule has 0 amide bonds. The molecule has 0 radical (unpaired) electrons. The summed E-state index contributed by atoms with van der Waals surface area (Å²) >= 11 is 0. The number of alkyl halides is 3. The van der Waals surface area contributed by atoms with E-state index in [1.807, 2.05) is 0 Å². The largest absolute Gasteiger partial charge is 0.465 e. The number of hydrogen-bond acceptors (Lipinski definition) is 6. The first-order valence-corrected chi connectivity index (χ1v) is 10.6. The van der Waals surface area contributed by atoms with Gasteiger partial charge in [0.1, 0.15) is 11.3 Å². The van der Waals surface area contributed by atoms with Crippen molar-refractivity contribution in [2.24, 2.45) is 0 Å². The molecule has 1 aromatic heterocycles. The molecule has 1 fully saturated rings. The Morgan fingerprint density at radius 2 is 1.59 bits per heavy atom. The summed E-state index contributed by atoms with van der Waals surface area (Å²) in [4.78, 5) is 27.1. The number of aromatic nitrogens is 2. The minimum atomic E-state index is -4.63. The van der Waals surface area contributed by atoms with Crippen molar-refractivity contribution in [3.05, 3.63) is 65.4 Å². The summed E-state index contributed by atoms with van der Waals surface area (Å²) in [6.07, 6.45) is -3.00. The second-order valence-electron chi connectivity index (χ2n) is 7.73. The number of hydrogen-bond donors (Lipinski definition) is 0. The van der Waals surface area contributed by atoms with E-state index in [0.717, 1.165) is 33.1 Å². The Labute approximate surface area is 193 Å². The molecule has 1 aliphatic heterocycles. The molecule has 7 nitrogen and oxygen atoms in total. The molecular formula is C24H22F3N3O4. The maximum atomic E-state index is 14.0. The molecule has 0 spiro atoms. The van der Waals surface area contributed by atoms with Crippen molar-refractivity contribution in [2.45, 2.75) is 19.0 Å². The van der Waals surface area contributed by atoms with Gasteiger partial charge in [-0.25, -0.2) is 14.3 Å². The number of nitrogens with zero attached hydrogens (tertiary/aromatic N) is 3. The molecule has 0 aliphatic carbocycles. The number of anilines is 1. The van der Waals surface area contributed by atoms with Crippen molar-refractivity contribution in [1.82, 2.24) is 9.78 Å². The van der Waals surface area contributed by atoms with Gasteiger partial charge in [-0.15, -0.1) is 0 Å². The van der Waals surface area contributed by atoms with Crippen LogP contribution in [-0.4, -0.2) is 49.0 Å². The van der Waals surface area contributed by atoms with Crippen molar-refractivity contribution in [1.29, 1.82) is 0 Å². The van der Waals surface area contributed by atoms with Gasteiger partial charge in [0, 0.05) is 24.3 Å². The normalized spacial score (nSPS) is 13.7. The summed E-state index contributed by atoms with van der Waals surface area (Å²) in [6.45, 7) is 1.07. The number of methoxy groups -OCH3 is 2. The van der Waals surface area contributed by atoms with E-state index in [4.69, 9.17) is 9.47 Å². The van der Waals surface area contributed by atoms with Gasteiger partial charge in [-0.1, -0.05) is 24.3 Å². The number of ether oxygens (including phenoxy) is 2. The molecule has 4 rings (SSSR count). The molecule has 10 heteroatoms. The number of carbonyl (C=O) groups excluding carboxylic acids is 2. The Balaban J connectivity index is 1.98. The molecule has 0 N–H and O–H groups in total. The predicted molar refractivity (Wildman–Crippen MR) is 118 cm³/mol. The minimum absolute atomic E-state index is 0.0236. The average Bonchev–Trinajstić information content (AvgIpc) is 3.51. The summed E-state index contributed by atoms with van der Waals surface area (Å²) in [6, 6.07) is 12.2. The quantitative estimate of drug-likeness (QED) is 0.499. The fourth-order valence-corrected chi connectivity index (χ4v) is 4.10. The van der Waals surface area contributed by atoms with E-state index in [0.29, 0.717) is 18.8 Å². The van der Waals surface area contributed by atoms with Crippen molar-refractivity contribution in [3.63, 3.8) is 0 Å². The maximum absolute atomic E-state index is 14.0. The molecule has 0 bridgehead atoms. The fraction of sp³-hybridized carbons (Fsp3) is 0.292. The first-order valence-electron chi connectivity index (χ1n) is 10.6. The Morgan fingerprint density at radius 1 is 0.941 bits per heavy atom. The van der Waals surface area contributed by atoms with E-state index in [1.165, 1.54) is 16.8 Å². The standard InChI is InChI=1S/C24H22F3N3O4/c1-33-22(31)19-20(28-30(21(19)23(32)34-2)16-8-4-3-5-9-16)15-10-11-18(29-12-6-7-13-29)17(14-15)24(25,26)27/h3-5,8-11,14H,6-7,12-13H2,1-2H3. The lowest BCUT2D eigenvalue weighted by Crippen LogP contribution is -2.22. The number of para-hydroxylation sites is 1. The molecule has 1 saturated heterocycles. The van der Waals surface area contributed by atoms with Crippen molar-refractivity contribution < 1.29 is 32.2 Å². The first-order chi connectivity index (χ1) is 16.3. The lowest BCUT2D eigenvalue weighted by Gasteiger charge is -2.23. The van der Waals surface area contributed by atoms with E-state index in [-0.39, 0.29) is 28.2 Å². The highest BCUT2D eigenvalue weighted by Crippen LogP contribution is 2.41. The molecule has 0 saturated carbocycles. The predicted octanol–water partition coefficient (Wildman–Crippen LogP) is 4.73. The van der Waals surface area contributed by atoms with Gasteiger partial charge in [-0.05, 0) is 37.1 Å². The van der Waals surface area contributed by atoms with Crippen LogP contribution in [0.25, 0.3) is 16.9 Å². The molecule has 3 aromatic rings. The van der Waals surface area contributed by atoms with Crippen molar-refractivity contribution in [3.8, 4) is 16.9 Å². The van der Waals surface area contributed by atoms with Crippen molar-refractivity contribution >= 4 is 17.6 Å². The Bertz CT molecular complexity index is 1220. The highest BCUT2D eigenvalue weighted by atomic mass is 19.4. The average molecular weight is 473 g/mol. The third kappa shape index (κ3) is 4.23. The number of rotatable bonds is 5. The van der Waals surface area contributed by atoms with Crippen LogP contribution in [-0.2, 0) is 15.7 Å². The zero-order valence-electron chi connectivity index (χ0n) is 18.6. The summed E-state index contributed by atoms with van der Waals surface area (Å²) in [5.74, 6) is -1.80. The lowest BCUT2D eigenvalue weighted by atomic mass is 10.0. The molecular weight excluding hydrogens is 451 g/mol. The van der Waals surface area contributed by atoms with Gasteiger partial charge in [0.15, 0.2) is 5.69 Å². The molecule has 1 aliphatic rings. The number of benzene rings is 2. The molecule has 2 aromatic carbocycles. The second-order valence-corrected chi connectivity index (χ2v) is 7.73. The molecule has 2 heterocycles. The van der Waals surface area contributed by atoms with E-state index >= 15 is 0 Å². The third-order valence-corrected chi connectivity index (χ3v) is 5.68. The molecule has 178 valence electrons. The van der Waals surface area contributed by atoms with E-state index < -0.39 is 23.7 Å². The summed E-state index contributed by atoms with van der Waals surface area (Å²) in [5.41, 5.74) is -0.956. The first kappa shape index (κ1) is 23.3. The van der Waals surface area contributed by atoms with Gasteiger partial charge in [-0.3, -0.25) is 0 Å². The van der Waals surface area contributed by atoms with Crippen LogP contribution in [0.2, 0.25) is 0 Å². The minimum Gasteiger partial charge on any atom is -0.465 e. The SMILES string of the molecule is COC(=O)c1c(-c2ccc(N3CCCC3)c(C(F)(F)F)c2)nn(-c2ccccc2)c1C(=O)OC. The van der Waals surface area contributed by atoms with Gasteiger partial charge in [0.25, 0.3) is 0 Å². The Morgan fingerprint density at radius 3 is 2.18 bits per heavy atom. The van der Waals surface area contributed by atoms with Gasteiger partial charge in [0.2, 0.25) is 0 Å². The van der Waals surface area contributed by atoms with Crippen LogP contribution in [0.15, 0.2) is 48.5 Å². The van der Waals surface area contributed by atoms with Gasteiger partial charge < -0.3 is 14.4 Å². The van der Waals surface area contributed by atoms with Crippen LogP contribution in [0.1, 0.15) is 39.3 Å². The fourth-order valence-electron chi connectivity index (χ4n) is 4.10. The van der Waals surface area contributed by atoms with Crippen LogP contribution in [0, 0.1) is 0 Å². The summed E-state index contributed by atoms with van der Waals surface area (Å²) < 4.78 is 53.0. The zero-order valence-corrected chi connectivity index (χ0v) is 18.6. The van der Waals surface area contributed by atoms with E-state index in [2.05, 4.69) is 5.10 Å². The topological polar surface area (TPSA) is 73.7 Å². The number of halogens is 3. The van der Waals surface area contributed by atoms with Gasteiger partial charge >= 0.3 is 18.1 Å². The molecule has 34 heavy (non-hydrogen) atoms. The zero-order chi connectivity index (χ0) is 24.5. The molecule has 0 unspecified atom stereocenters. The van der Waals surface area contributed by atoms with Crippen LogP contribution >= 0.6 is 0 Å². The van der Waals surface area contributed by atoms with Crippen LogP contribution in [0.3, 0.4) is 0 Å². The third-order valence-electron chi connectivity index (χ3n) is 5.68.